The summed E-state index contributed by atoms with van der Waals surface area (Å²) < 4.78 is 2.92. The van der Waals surface area contributed by atoms with Crippen LogP contribution in [0.5, 0.6) is 0 Å². The largest absolute Gasteiger partial charge is 0.383 e. The van der Waals surface area contributed by atoms with Gasteiger partial charge in [-0.15, -0.1) is 12.4 Å². The first kappa shape index (κ1) is 23.4. The number of nitrogens with two attached hydrogens (primary N) is 2. The number of aromatic nitrogens is 6. The summed E-state index contributed by atoms with van der Waals surface area (Å²) in [5.74, 6) is 1.42. The zero-order valence-electron chi connectivity index (χ0n) is 19.8. The van der Waals surface area contributed by atoms with Gasteiger partial charge in [-0.1, -0.05) is 35.6 Å². The molecule has 4 aromatic heterocycles. The minimum absolute atomic E-state index is 0. The van der Waals surface area contributed by atoms with Crippen molar-refractivity contribution in [1.29, 1.82) is 0 Å². The summed E-state index contributed by atoms with van der Waals surface area (Å²) >= 11 is 1.45. The van der Waals surface area contributed by atoms with Crippen molar-refractivity contribution in [3.8, 4) is 11.3 Å². The minimum Gasteiger partial charge on any atom is -0.383 e. The molecule has 0 bridgehead atoms. The highest BCUT2D eigenvalue weighted by Crippen LogP contribution is 2.35. The Balaban J connectivity index is 0.00000252. The lowest BCUT2D eigenvalue weighted by atomic mass is 10.1. The fourth-order valence-electron chi connectivity index (χ4n) is 5.06. The van der Waals surface area contributed by atoms with Gasteiger partial charge in [-0.05, 0) is 42.7 Å². The molecule has 0 radical (unpaired) electrons. The quantitative estimate of drug-likeness (QED) is 0.331. The van der Waals surface area contributed by atoms with Gasteiger partial charge in [0.2, 0.25) is 0 Å². The lowest BCUT2D eigenvalue weighted by molar-refractivity contribution is 0.709. The number of nitrogen functional groups attached to an aromatic ring is 2. The molecule has 2 aromatic carbocycles. The Morgan fingerprint density at radius 1 is 0.919 bits per heavy atom. The molecule has 37 heavy (non-hydrogen) atoms. The maximum atomic E-state index is 6.36. The predicted octanol–water partition coefficient (Wildman–Crippen LogP) is 4.89. The van der Waals surface area contributed by atoms with E-state index in [2.05, 4.69) is 44.1 Å². The van der Waals surface area contributed by atoms with E-state index in [1.807, 2.05) is 28.9 Å². The van der Waals surface area contributed by atoms with Crippen LogP contribution < -0.4 is 16.4 Å². The second kappa shape index (κ2) is 9.13. The zero-order chi connectivity index (χ0) is 24.2. The molecular weight excluding hydrogens is 506 g/mol. The van der Waals surface area contributed by atoms with Gasteiger partial charge in [0.1, 0.15) is 23.7 Å². The third-order valence-electron chi connectivity index (χ3n) is 6.78. The Morgan fingerprint density at radius 3 is 2.62 bits per heavy atom. The van der Waals surface area contributed by atoms with Gasteiger partial charge in [0.15, 0.2) is 10.8 Å². The average Bonchev–Trinajstić information content (AvgIpc) is 3.62. The van der Waals surface area contributed by atoms with Crippen LogP contribution in [-0.4, -0.2) is 42.8 Å². The van der Waals surface area contributed by atoms with Gasteiger partial charge in [-0.2, -0.15) is 5.10 Å². The van der Waals surface area contributed by atoms with E-state index in [1.165, 1.54) is 30.5 Å². The van der Waals surface area contributed by atoms with Crippen LogP contribution in [0.1, 0.15) is 18.4 Å². The molecule has 9 nitrogen and oxygen atoms in total. The number of hydrogen-bond donors (Lipinski definition) is 2. The van der Waals surface area contributed by atoms with Crippen molar-refractivity contribution in [2.75, 3.05) is 29.5 Å². The normalized spacial score (nSPS) is 13.6. The molecule has 11 heteroatoms. The van der Waals surface area contributed by atoms with E-state index in [1.54, 1.807) is 0 Å². The molecule has 0 amide bonds. The van der Waals surface area contributed by atoms with Gasteiger partial charge >= 0.3 is 0 Å². The molecule has 0 saturated carbocycles. The van der Waals surface area contributed by atoms with Crippen molar-refractivity contribution >= 4 is 72.7 Å². The van der Waals surface area contributed by atoms with Crippen LogP contribution in [0.4, 0.5) is 16.8 Å². The smallest absolute Gasteiger partial charge is 0.181 e. The number of halogens is 1. The van der Waals surface area contributed by atoms with Crippen molar-refractivity contribution in [3.63, 3.8) is 0 Å². The highest BCUT2D eigenvalue weighted by atomic mass is 35.5. The molecule has 7 rings (SSSR count). The summed E-state index contributed by atoms with van der Waals surface area (Å²) in [5, 5.41) is 7.41. The fourth-order valence-corrected chi connectivity index (χ4v) is 5.84. The van der Waals surface area contributed by atoms with Crippen LogP contribution in [0, 0.1) is 0 Å². The molecule has 1 aliphatic heterocycles. The van der Waals surface area contributed by atoms with E-state index in [9.17, 15) is 0 Å². The van der Waals surface area contributed by atoms with E-state index in [4.69, 9.17) is 21.5 Å². The van der Waals surface area contributed by atoms with Crippen LogP contribution in [-0.2, 0) is 6.54 Å². The van der Waals surface area contributed by atoms with Crippen molar-refractivity contribution in [1.82, 2.24) is 29.7 Å². The highest BCUT2D eigenvalue weighted by molar-refractivity contribution is 7.22. The zero-order valence-corrected chi connectivity index (χ0v) is 21.5. The van der Waals surface area contributed by atoms with Gasteiger partial charge in [-0.25, -0.2) is 24.6 Å². The summed E-state index contributed by atoms with van der Waals surface area (Å²) in [5.41, 5.74) is 17.6. The van der Waals surface area contributed by atoms with E-state index >= 15 is 0 Å². The summed E-state index contributed by atoms with van der Waals surface area (Å²) in [6.45, 7) is 2.61. The number of nitrogens with zero attached hydrogens (tertiary/aromatic N) is 7. The molecule has 5 heterocycles. The SMILES string of the molecule is Cl.Nc1nc2ccc(-c3nn(Cc4cc(N5CCCC5)nc5ccccc45)c4ncnc(N)c34)cc2s1. The van der Waals surface area contributed by atoms with E-state index in [-0.39, 0.29) is 12.4 Å². The molecule has 4 N–H and O–H groups in total. The number of para-hydroxylation sites is 1. The molecule has 0 aliphatic carbocycles. The monoisotopic (exact) mass is 529 g/mol. The highest BCUT2D eigenvalue weighted by Gasteiger charge is 2.20. The topological polar surface area (TPSA) is 125 Å². The van der Waals surface area contributed by atoms with Crippen LogP contribution in [0.2, 0.25) is 0 Å². The number of anilines is 3. The van der Waals surface area contributed by atoms with Crippen molar-refractivity contribution in [2.45, 2.75) is 19.4 Å². The van der Waals surface area contributed by atoms with Crippen molar-refractivity contribution in [2.24, 2.45) is 0 Å². The first-order valence-electron chi connectivity index (χ1n) is 11.9. The summed E-state index contributed by atoms with van der Waals surface area (Å²) in [6, 6.07) is 16.5. The number of thiazole rings is 1. The third-order valence-corrected chi connectivity index (χ3v) is 7.62. The molecule has 6 aromatic rings. The molecule has 0 atom stereocenters. The number of benzene rings is 2. The van der Waals surface area contributed by atoms with Gasteiger partial charge in [0, 0.05) is 24.0 Å². The van der Waals surface area contributed by atoms with E-state index in [0.717, 1.165) is 62.2 Å². The molecule has 0 unspecified atom stereocenters. The second-order valence-corrected chi connectivity index (χ2v) is 10.1. The first-order valence-corrected chi connectivity index (χ1v) is 12.7. The maximum absolute atomic E-state index is 6.36. The van der Waals surface area contributed by atoms with Gasteiger partial charge in [0.25, 0.3) is 0 Å². The number of rotatable bonds is 4. The Hall–Kier alpha value is -4.02. The average molecular weight is 530 g/mol. The Kier molecular flexibility index (Phi) is 5.77. The maximum Gasteiger partial charge on any atom is 0.181 e. The Bertz CT molecular complexity index is 1770. The molecule has 1 fully saturated rings. The van der Waals surface area contributed by atoms with Gasteiger partial charge in [0.05, 0.1) is 27.7 Å². The fraction of sp³-hybridized carbons (Fsp3) is 0.192. The predicted molar refractivity (Wildman–Crippen MR) is 152 cm³/mol. The Morgan fingerprint density at radius 2 is 1.76 bits per heavy atom. The summed E-state index contributed by atoms with van der Waals surface area (Å²) in [4.78, 5) is 20.5. The van der Waals surface area contributed by atoms with Crippen LogP contribution in [0.3, 0.4) is 0 Å². The molecule has 0 spiro atoms. The minimum atomic E-state index is 0. The molecule has 186 valence electrons. The van der Waals surface area contributed by atoms with Crippen LogP contribution in [0.25, 0.3) is 43.4 Å². The van der Waals surface area contributed by atoms with Crippen LogP contribution in [0.15, 0.2) is 54.9 Å². The van der Waals surface area contributed by atoms with Crippen molar-refractivity contribution in [3.05, 3.63) is 60.4 Å². The first-order chi connectivity index (χ1) is 17.6. The lowest BCUT2D eigenvalue weighted by Gasteiger charge is -2.19. The lowest BCUT2D eigenvalue weighted by Crippen LogP contribution is -2.19. The second-order valence-electron chi connectivity index (χ2n) is 9.05. The third kappa shape index (κ3) is 3.98. The molecular formula is C26H24ClN9S. The summed E-state index contributed by atoms with van der Waals surface area (Å²) in [6.07, 6.45) is 3.89. The molecule has 1 aliphatic rings. The molecule has 1 saturated heterocycles. The standard InChI is InChI=1S/C26H23N9S.ClH/c27-24-22-23(15-7-8-19-20(11-15)36-26(28)32-19)33-35(25(22)30-14-29-24)13-16-12-21(34-9-3-4-10-34)31-18-6-2-1-5-17(16)18;/h1-2,5-8,11-12,14H,3-4,9-10,13H2,(H2,28,32)(H2,27,29,30);1H. The number of pyridine rings is 1. The van der Waals surface area contributed by atoms with Crippen LogP contribution >= 0.6 is 23.7 Å². The number of hydrogen-bond acceptors (Lipinski definition) is 9. The summed E-state index contributed by atoms with van der Waals surface area (Å²) in [7, 11) is 0. The van der Waals surface area contributed by atoms with Crippen molar-refractivity contribution < 1.29 is 0 Å². The van der Waals surface area contributed by atoms with E-state index < -0.39 is 0 Å². The van der Waals surface area contributed by atoms with E-state index in [0.29, 0.717) is 23.1 Å². The Labute approximate surface area is 222 Å². The van der Waals surface area contributed by atoms with Gasteiger partial charge in [-0.3, -0.25) is 0 Å². The number of fused-ring (bicyclic) bond motifs is 3. The van der Waals surface area contributed by atoms with Gasteiger partial charge < -0.3 is 16.4 Å².